The molecule has 0 radical (unpaired) electrons. The fourth-order valence-electron chi connectivity index (χ4n) is 2.06. The van der Waals surface area contributed by atoms with Crippen molar-refractivity contribution >= 4 is 10.9 Å². The van der Waals surface area contributed by atoms with Crippen LogP contribution in [0.1, 0.15) is 5.56 Å². The Hall–Kier alpha value is -2.42. The van der Waals surface area contributed by atoms with E-state index in [1.807, 2.05) is 60.0 Å². The van der Waals surface area contributed by atoms with Crippen LogP contribution in [0.3, 0.4) is 0 Å². The van der Waals surface area contributed by atoms with Gasteiger partial charge in [-0.25, -0.2) is 0 Å². The minimum Gasteiger partial charge on any atom is -0.300 e. The molecule has 0 saturated carbocycles. The highest BCUT2D eigenvalue weighted by Crippen LogP contribution is 2.16. The van der Waals surface area contributed by atoms with Crippen molar-refractivity contribution < 1.29 is 0 Å². The van der Waals surface area contributed by atoms with Crippen molar-refractivity contribution in [2.45, 2.75) is 6.92 Å². The number of benzene rings is 2. The molecular formula is C15H12N2O. The molecule has 3 heteroatoms. The summed E-state index contributed by atoms with van der Waals surface area (Å²) in [7, 11) is 0. The molecule has 3 aromatic rings. The smallest absolute Gasteiger partial charge is 0.280 e. The van der Waals surface area contributed by atoms with Crippen molar-refractivity contribution in [3.63, 3.8) is 0 Å². The number of aromatic nitrogens is 2. The quantitative estimate of drug-likeness (QED) is 0.651. The summed E-state index contributed by atoms with van der Waals surface area (Å²) in [6.07, 6.45) is 1.58. The number of rotatable bonds is 1. The molecule has 0 amide bonds. The third kappa shape index (κ3) is 1.70. The molecule has 0 N–H and O–H groups in total. The van der Waals surface area contributed by atoms with Gasteiger partial charge in [0.2, 0.25) is 0 Å². The van der Waals surface area contributed by atoms with Crippen molar-refractivity contribution in [2.75, 3.05) is 0 Å². The number of aryl methyl sites for hydroxylation is 1. The first kappa shape index (κ1) is 10.7. The molecule has 88 valence electrons. The Balaban J connectivity index is 2.41. The van der Waals surface area contributed by atoms with Crippen LogP contribution >= 0.6 is 0 Å². The number of hydrogen-bond acceptors (Lipinski definition) is 2. The van der Waals surface area contributed by atoms with Gasteiger partial charge in [-0.15, -0.1) is 0 Å². The van der Waals surface area contributed by atoms with Crippen molar-refractivity contribution in [2.24, 2.45) is 0 Å². The van der Waals surface area contributed by atoms with E-state index < -0.39 is 0 Å². The molecule has 1 aromatic heterocycles. The average Bonchev–Trinajstić information content (AvgIpc) is 2.40. The van der Waals surface area contributed by atoms with E-state index in [-0.39, 0.29) is 5.56 Å². The molecule has 18 heavy (non-hydrogen) atoms. The summed E-state index contributed by atoms with van der Waals surface area (Å²) >= 11 is 0. The van der Waals surface area contributed by atoms with Crippen molar-refractivity contribution in [1.29, 1.82) is 0 Å². The van der Waals surface area contributed by atoms with Crippen molar-refractivity contribution in [3.8, 4) is 5.69 Å². The highest BCUT2D eigenvalue weighted by atomic mass is 16.1. The van der Waals surface area contributed by atoms with Gasteiger partial charge in [0.25, 0.3) is 5.56 Å². The molecule has 0 atom stereocenters. The lowest BCUT2D eigenvalue weighted by atomic mass is 10.1. The zero-order valence-electron chi connectivity index (χ0n) is 10.00. The highest BCUT2D eigenvalue weighted by molar-refractivity contribution is 5.80. The fraction of sp³-hybridized carbons (Fsp3) is 0.0667. The second-order valence-corrected chi connectivity index (χ2v) is 4.28. The molecule has 0 spiro atoms. The van der Waals surface area contributed by atoms with E-state index in [1.165, 1.54) is 0 Å². The Morgan fingerprint density at radius 2 is 1.83 bits per heavy atom. The molecule has 0 fully saturated rings. The van der Waals surface area contributed by atoms with Crippen LogP contribution in [0.4, 0.5) is 0 Å². The fourth-order valence-corrected chi connectivity index (χ4v) is 2.06. The average molecular weight is 236 g/mol. The zero-order valence-corrected chi connectivity index (χ0v) is 10.00. The number of para-hydroxylation sites is 1. The Morgan fingerprint density at radius 1 is 1.06 bits per heavy atom. The van der Waals surface area contributed by atoms with Gasteiger partial charge in [0.1, 0.15) is 6.33 Å². The van der Waals surface area contributed by atoms with Crippen molar-refractivity contribution in [3.05, 3.63) is 70.8 Å². The van der Waals surface area contributed by atoms with E-state index in [0.717, 1.165) is 16.8 Å². The minimum atomic E-state index is -0.183. The van der Waals surface area contributed by atoms with Crippen LogP contribution in [0.25, 0.3) is 16.6 Å². The monoisotopic (exact) mass is 236 g/mol. The van der Waals surface area contributed by atoms with Gasteiger partial charge in [-0.05, 0) is 36.8 Å². The van der Waals surface area contributed by atoms with Gasteiger partial charge >= 0.3 is 0 Å². The Kier molecular flexibility index (Phi) is 2.45. The van der Waals surface area contributed by atoms with Gasteiger partial charge in [-0.2, -0.15) is 4.98 Å². The predicted octanol–water partition coefficient (Wildman–Crippen LogP) is 2.69. The standard InChI is InChI=1S/C15H12N2O/c1-11-7-8-13-14(9-11)17(10-16-15(13)18)12-5-3-2-4-6-12/h2-10H,1H3. The van der Waals surface area contributed by atoms with Gasteiger partial charge in [-0.3, -0.25) is 4.79 Å². The summed E-state index contributed by atoms with van der Waals surface area (Å²) in [5, 5.41) is 0.645. The summed E-state index contributed by atoms with van der Waals surface area (Å²) in [5.41, 5.74) is 2.83. The van der Waals surface area contributed by atoms with Gasteiger partial charge < -0.3 is 4.57 Å². The van der Waals surface area contributed by atoms with Crippen LogP contribution in [0.2, 0.25) is 0 Å². The van der Waals surface area contributed by atoms with Crippen molar-refractivity contribution in [1.82, 2.24) is 9.55 Å². The number of fused-ring (bicyclic) bond motifs is 1. The second-order valence-electron chi connectivity index (χ2n) is 4.28. The topological polar surface area (TPSA) is 34.9 Å². The number of hydrogen-bond donors (Lipinski definition) is 0. The SMILES string of the molecule is Cc1ccc2c(=O)ncn(-c3ccccc3)c2c1. The predicted molar refractivity (Wildman–Crippen MR) is 72.1 cm³/mol. The molecule has 3 rings (SSSR count). The van der Waals surface area contributed by atoms with Gasteiger partial charge in [0.15, 0.2) is 0 Å². The van der Waals surface area contributed by atoms with Gasteiger partial charge in [-0.1, -0.05) is 24.3 Å². The summed E-state index contributed by atoms with van der Waals surface area (Å²) in [4.78, 5) is 15.7. The Morgan fingerprint density at radius 3 is 2.61 bits per heavy atom. The van der Waals surface area contributed by atoms with Crippen LogP contribution in [-0.4, -0.2) is 9.55 Å². The molecule has 0 aliphatic carbocycles. The first-order valence-electron chi connectivity index (χ1n) is 5.79. The third-order valence-corrected chi connectivity index (χ3v) is 2.97. The molecule has 0 aliphatic rings. The van der Waals surface area contributed by atoms with Crippen LogP contribution in [0.15, 0.2) is 59.7 Å². The maximum Gasteiger partial charge on any atom is 0.280 e. The lowest BCUT2D eigenvalue weighted by molar-refractivity contribution is 1.01. The zero-order chi connectivity index (χ0) is 12.5. The molecule has 0 unspecified atom stereocenters. The van der Waals surface area contributed by atoms with E-state index >= 15 is 0 Å². The maximum atomic E-state index is 11.7. The maximum absolute atomic E-state index is 11.7. The lowest BCUT2D eigenvalue weighted by Gasteiger charge is -2.10. The number of nitrogens with zero attached hydrogens (tertiary/aromatic N) is 2. The second kappa shape index (κ2) is 4.11. The Labute approximate surface area is 104 Å². The summed E-state index contributed by atoms with van der Waals surface area (Å²) in [6, 6.07) is 15.7. The summed E-state index contributed by atoms with van der Waals surface area (Å²) in [5.74, 6) is 0. The summed E-state index contributed by atoms with van der Waals surface area (Å²) in [6.45, 7) is 2.01. The highest BCUT2D eigenvalue weighted by Gasteiger charge is 2.05. The molecular weight excluding hydrogens is 224 g/mol. The van der Waals surface area contributed by atoms with Crippen LogP contribution in [-0.2, 0) is 0 Å². The van der Waals surface area contributed by atoms with Crippen LogP contribution in [0.5, 0.6) is 0 Å². The van der Waals surface area contributed by atoms with E-state index in [0.29, 0.717) is 5.39 Å². The van der Waals surface area contributed by atoms with Crippen LogP contribution < -0.4 is 5.56 Å². The first-order valence-corrected chi connectivity index (χ1v) is 5.79. The third-order valence-electron chi connectivity index (χ3n) is 2.97. The molecule has 2 aromatic carbocycles. The normalized spacial score (nSPS) is 10.7. The minimum absolute atomic E-state index is 0.183. The van der Waals surface area contributed by atoms with Crippen LogP contribution in [0, 0.1) is 6.92 Å². The first-order chi connectivity index (χ1) is 8.75. The summed E-state index contributed by atoms with van der Waals surface area (Å²) < 4.78 is 1.93. The molecule has 0 aliphatic heterocycles. The molecule has 0 bridgehead atoms. The molecule has 3 nitrogen and oxygen atoms in total. The molecule has 0 saturated heterocycles. The van der Waals surface area contributed by atoms with Gasteiger partial charge in [0, 0.05) is 5.69 Å². The van der Waals surface area contributed by atoms with E-state index in [4.69, 9.17) is 0 Å². The molecule has 1 heterocycles. The van der Waals surface area contributed by atoms with E-state index in [1.54, 1.807) is 6.33 Å². The van der Waals surface area contributed by atoms with Gasteiger partial charge in [0.05, 0.1) is 10.9 Å². The van der Waals surface area contributed by atoms with E-state index in [9.17, 15) is 4.79 Å². The lowest BCUT2D eigenvalue weighted by Crippen LogP contribution is -2.11. The largest absolute Gasteiger partial charge is 0.300 e. The Bertz CT molecular complexity index is 760. The van der Waals surface area contributed by atoms with E-state index in [2.05, 4.69) is 4.98 Å².